The van der Waals surface area contributed by atoms with E-state index < -0.39 is 0 Å². The molecule has 5 nitrogen and oxygen atoms in total. The standard InChI is InChI=1S/C23H25N3O2/c1-3-26(4-2)22(18-8-6-5-7-9-18)23(27)25-19-10-12-20(13-11-19)28-21-14-16-24-17-15-21/h5-17,22H,3-4H2,1-2H3,(H,25,27). The van der Waals surface area contributed by atoms with Crippen LogP contribution >= 0.6 is 0 Å². The van der Waals surface area contributed by atoms with Gasteiger partial charge < -0.3 is 10.1 Å². The van der Waals surface area contributed by atoms with E-state index in [0.717, 1.165) is 30.1 Å². The van der Waals surface area contributed by atoms with Crippen LogP contribution in [-0.4, -0.2) is 28.9 Å². The minimum atomic E-state index is -0.330. The number of anilines is 1. The van der Waals surface area contributed by atoms with Crippen molar-refractivity contribution in [2.45, 2.75) is 19.9 Å². The topological polar surface area (TPSA) is 54.5 Å². The highest BCUT2D eigenvalue weighted by molar-refractivity contribution is 5.95. The summed E-state index contributed by atoms with van der Waals surface area (Å²) < 4.78 is 5.77. The second-order valence-electron chi connectivity index (χ2n) is 6.33. The van der Waals surface area contributed by atoms with Gasteiger partial charge in [-0.25, -0.2) is 0 Å². The highest BCUT2D eigenvalue weighted by Crippen LogP contribution is 2.25. The Morgan fingerprint density at radius 2 is 1.54 bits per heavy atom. The molecule has 1 N–H and O–H groups in total. The number of nitrogens with zero attached hydrogens (tertiary/aromatic N) is 2. The van der Waals surface area contributed by atoms with Gasteiger partial charge in [-0.2, -0.15) is 0 Å². The van der Waals surface area contributed by atoms with Crippen molar-refractivity contribution in [1.82, 2.24) is 9.88 Å². The molecule has 144 valence electrons. The number of rotatable bonds is 8. The van der Waals surface area contributed by atoms with Crippen molar-refractivity contribution in [3.8, 4) is 11.5 Å². The molecule has 0 saturated heterocycles. The molecule has 1 aromatic heterocycles. The third-order valence-electron chi connectivity index (χ3n) is 4.55. The number of carbonyl (C=O) groups is 1. The monoisotopic (exact) mass is 375 g/mol. The molecule has 0 bridgehead atoms. The molecule has 0 spiro atoms. The lowest BCUT2D eigenvalue weighted by molar-refractivity contribution is -0.121. The first kappa shape index (κ1) is 19.6. The zero-order valence-electron chi connectivity index (χ0n) is 16.2. The number of hydrogen-bond donors (Lipinski definition) is 1. The largest absolute Gasteiger partial charge is 0.457 e. The van der Waals surface area contributed by atoms with Crippen molar-refractivity contribution in [2.24, 2.45) is 0 Å². The predicted molar refractivity (Wildman–Crippen MR) is 111 cm³/mol. The van der Waals surface area contributed by atoms with Gasteiger partial charge in [0.25, 0.3) is 0 Å². The minimum Gasteiger partial charge on any atom is -0.457 e. The summed E-state index contributed by atoms with van der Waals surface area (Å²) >= 11 is 0. The van der Waals surface area contributed by atoms with Crippen LogP contribution in [0.15, 0.2) is 79.1 Å². The maximum atomic E-state index is 13.1. The molecular weight excluding hydrogens is 350 g/mol. The number of likely N-dealkylation sites (N-methyl/N-ethyl adjacent to an activating group) is 1. The third-order valence-corrected chi connectivity index (χ3v) is 4.55. The van der Waals surface area contributed by atoms with E-state index in [9.17, 15) is 4.79 Å². The number of nitrogens with one attached hydrogen (secondary N) is 1. The van der Waals surface area contributed by atoms with Crippen molar-refractivity contribution in [1.29, 1.82) is 0 Å². The first-order chi connectivity index (χ1) is 13.7. The van der Waals surface area contributed by atoms with Gasteiger partial charge in [0.15, 0.2) is 0 Å². The van der Waals surface area contributed by atoms with Gasteiger partial charge in [-0.3, -0.25) is 14.7 Å². The summed E-state index contributed by atoms with van der Waals surface area (Å²) in [5.74, 6) is 1.38. The van der Waals surface area contributed by atoms with Crippen molar-refractivity contribution in [3.05, 3.63) is 84.7 Å². The molecule has 0 aliphatic heterocycles. The van der Waals surface area contributed by atoms with E-state index in [4.69, 9.17) is 4.74 Å². The number of hydrogen-bond acceptors (Lipinski definition) is 4. The maximum absolute atomic E-state index is 13.1. The molecule has 28 heavy (non-hydrogen) atoms. The van der Waals surface area contributed by atoms with Crippen LogP contribution in [0.3, 0.4) is 0 Å². The summed E-state index contributed by atoms with van der Waals surface area (Å²) in [6, 6.07) is 20.5. The normalized spacial score (nSPS) is 11.8. The molecule has 0 fully saturated rings. The fourth-order valence-electron chi connectivity index (χ4n) is 3.11. The molecule has 2 aromatic carbocycles. The van der Waals surface area contributed by atoms with Crippen LogP contribution in [-0.2, 0) is 4.79 Å². The zero-order valence-corrected chi connectivity index (χ0v) is 16.2. The number of amides is 1. The minimum absolute atomic E-state index is 0.0438. The molecule has 3 rings (SSSR count). The molecule has 1 unspecified atom stereocenters. The predicted octanol–water partition coefficient (Wildman–Crippen LogP) is 4.90. The molecule has 1 atom stereocenters. The van der Waals surface area contributed by atoms with Crippen LogP contribution in [0.1, 0.15) is 25.5 Å². The van der Waals surface area contributed by atoms with Crippen LogP contribution in [0.2, 0.25) is 0 Å². The number of ether oxygens (including phenoxy) is 1. The van der Waals surface area contributed by atoms with Gasteiger partial charge in [-0.15, -0.1) is 0 Å². The number of benzene rings is 2. The Bertz CT molecular complexity index is 863. The summed E-state index contributed by atoms with van der Waals surface area (Å²) in [7, 11) is 0. The lowest BCUT2D eigenvalue weighted by Gasteiger charge is -2.29. The van der Waals surface area contributed by atoms with Crippen LogP contribution in [0.4, 0.5) is 5.69 Å². The van der Waals surface area contributed by atoms with E-state index in [2.05, 4.69) is 29.0 Å². The maximum Gasteiger partial charge on any atom is 0.246 e. The summed E-state index contributed by atoms with van der Waals surface area (Å²) in [5.41, 5.74) is 1.72. The Labute approximate surface area is 166 Å². The second-order valence-corrected chi connectivity index (χ2v) is 6.33. The lowest BCUT2D eigenvalue weighted by Crippen LogP contribution is -2.37. The number of aromatic nitrogens is 1. The van der Waals surface area contributed by atoms with Crippen molar-refractivity contribution in [3.63, 3.8) is 0 Å². The van der Waals surface area contributed by atoms with Crippen molar-refractivity contribution < 1.29 is 9.53 Å². The van der Waals surface area contributed by atoms with Crippen LogP contribution < -0.4 is 10.1 Å². The van der Waals surface area contributed by atoms with E-state index in [1.54, 1.807) is 24.5 Å². The van der Waals surface area contributed by atoms with Gasteiger partial charge >= 0.3 is 0 Å². The molecule has 0 aliphatic carbocycles. The summed E-state index contributed by atoms with van der Waals surface area (Å²) in [4.78, 5) is 19.2. The smallest absolute Gasteiger partial charge is 0.246 e. The van der Waals surface area contributed by atoms with E-state index in [1.807, 2.05) is 54.6 Å². The van der Waals surface area contributed by atoms with E-state index in [0.29, 0.717) is 5.75 Å². The molecule has 0 saturated carbocycles. The highest BCUT2D eigenvalue weighted by Gasteiger charge is 2.25. The zero-order chi connectivity index (χ0) is 19.8. The van der Waals surface area contributed by atoms with E-state index in [-0.39, 0.29) is 11.9 Å². The van der Waals surface area contributed by atoms with Crippen molar-refractivity contribution in [2.75, 3.05) is 18.4 Å². The Hall–Kier alpha value is -3.18. The Kier molecular flexibility index (Phi) is 6.76. The fourth-order valence-corrected chi connectivity index (χ4v) is 3.11. The van der Waals surface area contributed by atoms with E-state index in [1.165, 1.54) is 0 Å². The molecule has 0 radical (unpaired) electrons. The SMILES string of the molecule is CCN(CC)C(C(=O)Nc1ccc(Oc2ccncc2)cc1)c1ccccc1. The van der Waals surface area contributed by atoms with Gasteiger partial charge in [-0.05, 0) is 55.1 Å². The first-order valence-corrected chi connectivity index (χ1v) is 9.49. The van der Waals surface area contributed by atoms with Crippen LogP contribution in [0.25, 0.3) is 0 Å². The summed E-state index contributed by atoms with van der Waals surface area (Å²) in [5, 5.41) is 3.03. The first-order valence-electron chi connectivity index (χ1n) is 9.49. The van der Waals surface area contributed by atoms with Gasteiger partial charge in [0.2, 0.25) is 5.91 Å². The Balaban J connectivity index is 1.72. The van der Waals surface area contributed by atoms with Crippen molar-refractivity contribution >= 4 is 11.6 Å². The molecule has 3 aromatic rings. The summed E-state index contributed by atoms with van der Waals surface area (Å²) in [6.45, 7) is 5.72. The lowest BCUT2D eigenvalue weighted by atomic mass is 10.0. The van der Waals surface area contributed by atoms with Gasteiger partial charge in [0.05, 0.1) is 0 Å². The van der Waals surface area contributed by atoms with Crippen LogP contribution in [0, 0.1) is 0 Å². The number of carbonyl (C=O) groups excluding carboxylic acids is 1. The molecule has 1 amide bonds. The quantitative estimate of drug-likeness (QED) is 0.609. The van der Waals surface area contributed by atoms with Gasteiger partial charge in [0.1, 0.15) is 17.5 Å². The fraction of sp³-hybridized carbons (Fsp3) is 0.217. The second kappa shape index (κ2) is 9.67. The third kappa shape index (κ3) is 4.96. The van der Waals surface area contributed by atoms with E-state index >= 15 is 0 Å². The highest BCUT2D eigenvalue weighted by atomic mass is 16.5. The Morgan fingerprint density at radius 3 is 2.14 bits per heavy atom. The molecular formula is C23H25N3O2. The number of pyridine rings is 1. The summed E-state index contributed by atoms with van der Waals surface area (Å²) in [6.07, 6.45) is 3.36. The average Bonchev–Trinajstić information content (AvgIpc) is 2.74. The average molecular weight is 375 g/mol. The Morgan fingerprint density at radius 1 is 0.929 bits per heavy atom. The molecule has 5 heteroatoms. The van der Waals surface area contributed by atoms with Gasteiger partial charge in [0, 0.05) is 18.1 Å². The van der Waals surface area contributed by atoms with Gasteiger partial charge in [-0.1, -0.05) is 44.2 Å². The molecule has 1 heterocycles. The molecule has 0 aliphatic rings. The van der Waals surface area contributed by atoms with Crippen LogP contribution in [0.5, 0.6) is 11.5 Å².